The van der Waals surface area contributed by atoms with Crippen molar-refractivity contribution in [1.82, 2.24) is 8.61 Å². The zero-order valence-corrected chi connectivity index (χ0v) is 20.1. The molecule has 0 saturated carbocycles. The van der Waals surface area contributed by atoms with Gasteiger partial charge in [0, 0.05) is 13.1 Å². The molecule has 178 valence electrons. The second kappa shape index (κ2) is 9.84. The summed E-state index contributed by atoms with van der Waals surface area (Å²) in [6, 6.07) is 12.3. The first-order chi connectivity index (χ1) is 15.8. The molecule has 0 spiro atoms. The van der Waals surface area contributed by atoms with Gasteiger partial charge in [0.2, 0.25) is 20.0 Å². The third-order valence-electron chi connectivity index (χ3n) is 5.70. The van der Waals surface area contributed by atoms with Crippen molar-refractivity contribution in [1.29, 1.82) is 0 Å². The molecule has 4 rings (SSSR count). The summed E-state index contributed by atoms with van der Waals surface area (Å²) in [5, 5.41) is 0. The molecule has 2 aromatic heterocycles. The minimum Gasteiger partial charge on any atom is -0.468 e. The Labute approximate surface area is 194 Å². The van der Waals surface area contributed by atoms with Crippen molar-refractivity contribution < 1.29 is 25.7 Å². The van der Waals surface area contributed by atoms with E-state index in [1.807, 2.05) is 0 Å². The molecule has 0 bridgehead atoms. The summed E-state index contributed by atoms with van der Waals surface area (Å²) in [7, 11) is -7.61. The number of furan rings is 2. The number of aryl methyl sites for hydroxylation is 1. The number of rotatable bonds is 8. The molecule has 1 fully saturated rings. The highest BCUT2D eigenvalue weighted by molar-refractivity contribution is 7.89. The summed E-state index contributed by atoms with van der Waals surface area (Å²) in [6.07, 6.45) is 5.19. The Bertz CT molecular complexity index is 1250. The summed E-state index contributed by atoms with van der Waals surface area (Å²) in [4.78, 5) is 0.106. The summed E-state index contributed by atoms with van der Waals surface area (Å²) in [5.74, 6) is 1.67. The lowest BCUT2D eigenvalue weighted by Crippen LogP contribution is -2.32. The molecule has 10 heteroatoms. The molecular weight excluding hydrogens is 464 g/mol. The van der Waals surface area contributed by atoms with E-state index in [2.05, 4.69) is 0 Å². The van der Waals surface area contributed by atoms with E-state index in [-0.39, 0.29) is 22.9 Å². The highest BCUT2D eigenvalue weighted by Gasteiger charge is 2.29. The van der Waals surface area contributed by atoms with Crippen molar-refractivity contribution >= 4 is 20.0 Å². The van der Waals surface area contributed by atoms with Crippen LogP contribution < -0.4 is 0 Å². The van der Waals surface area contributed by atoms with Crippen LogP contribution in [-0.4, -0.2) is 38.5 Å². The van der Waals surface area contributed by atoms with Crippen LogP contribution in [0, 0.1) is 6.92 Å². The molecule has 1 aliphatic heterocycles. The molecule has 0 amide bonds. The molecule has 0 aliphatic carbocycles. The maximum absolute atomic E-state index is 13.5. The van der Waals surface area contributed by atoms with Crippen LogP contribution in [0.4, 0.5) is 0 Å². The van der Waals surface area contributed by atoms with Crippen LogP contribution in [0.1, 0.15) is 43.0 Å². The first kappa shape index (κ1) is 23.7. The standard InChI is InChI=1S/C23H28N2O6S2/c1-19-8-9-21(31-19)18-25(17-20-7-6-16-30-20)33(28,29)23-12-10-22(11-13-23)32(26,27)24-14-4-2-3-5-15-24/h6-13,16H,2-5,14-15,17-18H2,1H3. The molecule has 1 saturated heterocycles. The molecule has 3 heterocycles. The Hall–Kier alpha value is -2.40. The third kappa shape index (κ3) is 5.40. The maximum Gasteiger partial charge on any atom is 0.243 e. The molecule has 0 unspecified atom stereocenters. The second-order valence-electron chi connectivity index (χ2n) is 8.15. The van der Waals surface area contributed by atoms with Crippen molar-refractivity contribution in [2.45, 2.75) is 55.5 Å². The van der Waals surface area contributed by atoms with Crippen LogP contribution >= 0.6 is 0 Å². The summed E-state index contributed by atoms with van der Waals surface area (Å²) < 4.78 is 66.7. The highest BCUT2D eigenvalue weighted by Crippen LogP contribution is 2.25. The van der Waals surface area contributed by atoms with Crippen molar-refractivity contribution in [3.63, 3.8) is 0 Å². The van der Waals surface area contributed by atoms with Gasteiger partial charge in [-0.15, -0.1) is 0 Å². The van der Waals surface area contributed by atoms with Gasteiger partial charge in [-0.3, -0.25) is 0 Å². The second-order valence-corrected chi connectivity index (χ2v) is 12.0. The van der Waals surface area contributed by atoms with Crippen molar-refractivity contribution in [3.8, 4) is 0 Å². The Balaban J connectivity index is 1.60. The average Bonchev–Trinajstić information content (AvgIpc) is 3.37. The quantitative estimate of drug-likeness (QED) is 0.468. The van der Waals surface area contributed by atoms with Crippen LogP contribution in [0.5, 0.6) is 0 Å². The largest absolute Gasteiger partial charge is 0.468 e. The van der Waals surface area contributed by atoms with E-state index in [0.717, 1.165) is 25.7 Å². The molecular formula is C23H28N2O6S2. The lowest BCUT2D eigenvalue weighted by molar-refractivity contribution is 0.327. The Morgan fingerprint density at radius 1 is 0.818 bits per heavy atom. The lowest BCUT2D eigenvalue weighted by atomic mass is 10.2. The normalized spacial score (nSPS) is 16.2. The maximum atomic E-state index is 13.5. The lowest BCUT2D eigenvalue weighted by Gasteiger charge is -2.22. The fourth-order valence-electron chi connectivity index (χ4n) is 3.91. The van der Waals surface area contributed by atoms with Crippen molar-refractivity contribution in [2.75, 3.05) is 13.1 Å². The Morgan fingerprint density at radius 3 is 2.03 bits per heavy atom. The van der Waals surface area contributed by atoms with Gasteiger partial charge in [0.25, 0.3) is 0 Å². The zero-order valence-electron chi connectivity index (χ0n) is 18.5. The highest BCUT2D eigenvalue weighted by atomic mass is 32.2. The first-order valence-corrected chi connectivity index (χ1v) is 13.8. The fourth-order valence-corrected chi connectivity index (χ4v) is 6.80. The van der Waals surface area contributed by atoms with Gasteiger partial charge < -0.3 is 8.83 Å². The minimum absolute atomic E-state index is 0.00662. The first-order valence-electron chi connectivity index (χ1n) is 10.9. The van der Waals surface area contributed by atoms with E-state index >= 15 is 0 Å². The molecule has 8 nitrogen and oxygen atoms in total. The van der Waals surface area contributed by atoms with Gasteiger partial charge in [-0.2, -0.15) is 8.61 Å². The van der Waals surface area contributed by atoms with Gasteiger partial charge in [0.15, 0.2) is 0 Å². The molecule has 0 atom stereocenters. The summed E-state index contributed by atoms with van der Waals surface area (Å²) in [5.41, 5.74) is 0. The number of sulfonamides is 2. The third-order valence-corrected chi connectivity index (χ3v) is 9.42. The van der Waals surface area contributed by atoms with Gasteiger partial charge in [-0.1, -0.05) is 12.8 Å². The fraction of sp³-hybridized carbons (Fsp3) is 0.391. The van der Waals surface area contributed by atoms with Crippen LogP contribution in [0.25, 0.3) is 0 Å². The minimum atomic E-state index is -3.95. The van der Waals surface area contributed by atoms with Gasteiger partial charge in [-0.05, 0) is 68.3 Å². The van der Waals surface area contributed by atoms with E-state index in [4.69, 9.17) is 8.83 Å². The van der Waals surface area contributed by atoms with Crippen LogP contribution in [0.3, 0.4) is 0 Å². The summed E-state index contributed by atoms with van der Waals surface area (Å²) in [6.45, 7) is 2.80. The molecule has 3 aromatic rings. The number of nitrogens with zero attached hydrogens (tertiary/aromatic N) is 2. The van der Waals surface area contributed by atoms with Gasteiger partial charge >= 0.3 is 0 Å². The van der Waals surface area contributed by atoms with E-state index in [1.165, 1.54) is 39.1 Å². The van der Waals surface area contributed by atoms with E-state index in [0.29, 0.717) is 30.4 Å². The molecule has 1 aromatic carbocycles. The smallest absolute Gasteiger partial charge is 0.243 e. The van der Waals surface area contributed by atoms with Crippen molar-refractivity contribution in [2.24, 2.45) is 0 Å². The van der Waals surface area contributed by atoms with Crippen LogP contribution in [0.2, 0.25) is 0 Å². The number of benzene rings is 1. The van der Waals surface area contributed by atoms with E-state index in [1.54, 1.807) is 31.2 Å². The number of hydrogen-bond acceptors (Lipinski definition) is 6. The predicted octanol–water partition coefficient (Wildman–Crippen LogP) is 4.14. The van der Waals surface area contributed by atoms with Gasteiger partial charge in [0.05, 0.1) is 29.1 Å². The number of hydrogen-bond donors (Lipinski definition) is 0. The van der Waals surface area contributed by atoms with Crippen LogP contribution in [-0.2, 0) is 33.1 Å². The SMILES string of the molecule is Cc1ccc(CN(Cc2ccco2)S(=O)(=O)c2ccc(S(=O)(=O)N3CCCCCC3)cc2)o1. The summed E-state index contributed by atoms with van der Waals surface area (Å²) >= 11 is 0. The van der Waals surface area contributed by atoms with Crippen molar-refractivity contribution in [3.05, 3.63) is 72.1 Å². The monoisotopic (exact) mass is 492 g/mol. The van der Waals surface area contributed by atoms with E-state index in [9.17, 15) is 16.8 Å². The molecule has 0 radical (unpaired) electrons. The van der Waals surface area contributed by atoms with Crippen LogP contribution in [0.15, 0.2) is 73.4 Å². The van der Waals surface area contributed by atoms with Gasteiger partial charge in [0.1, 0.15) is 17.3 Å². The Morgan fingerprint density at radius 2 is 1.45 bits per heavy atom. The van der Waals surface area contributed by atoms with E-state index < -0.39 is 20.0 Å². The predicted molar refractivity (Wildman–Crippen MR) is 122 cm³/mol. The Kier molecular flexibility index (Phi) is 7.08. The topological polar surface area (TPSA) is 101 Å². The zero-order chi connectivity index (χ0) is 23.5. The average molecular weight is 493 g/mol. The molecule has 33 heavy (non-hydrogen) atoms. The molecule has 0 N–H and O–H groups in total. The molecule has 1 aliphatic rings. The van der Waals surface area contributed by atoms with Gasteiger partial charge in [-0.25, -0.2) is 16.8 Å².